The average Bonchev–Trinajstić information content (AvgIpc) is 2.37. The number of ether oxygens (including phenoxy) is 1. The van der Waals surface area contributed by atoms with Gasteiger partial charge in [0.1, 0.15) is 10.6 Å². The molecule has 0 saturated carbocycles. The van der Waals surface area contributed by atoms with E-state index in [1.807, 2.05) is 26.8 Å². The molecule has 0 radical (unpaired) electrons. The van der Waals surface area contributed by atoms with E-state index < -0.39 is 10.0 Å². The standard InChI is InChI=1S/C14H22N2O3S.ClH/c1-10-7-11(2)14(13(8-10)19-4)20(17,18)16-6-5-15-9-12(16)3;/h7-8,12,15H,5-6,9H2,1-4H3;1H. The Balaban J connectivity index is 0.00000220. The van der Waals surface area contributed by atoms with E-state index in [9.17, 15) is 8.42 Å². The molecule has 0 bridgehead atoms. The molecule has 0 amide bonds. The van der Waals surface area contributed by atoms with Gasteiger partial charge < -0.3 is 10.1 Å². The summed E-state index contributed by atoms with van der Waals surface area (Å²) in [4.78, 5) is 0.291. The highest BCUT2D eigenvalue weighted by Crippen LogP contribution is 2.32. The van der Waals surface area contributed by atoms with E-state index >= 15 is 0 Å². The Morgan fingerprint density at radius 3 is 2.57 bits per heavy atom. The molecule has 1 saturated heterocycles. The fraction of sp³-hybridized carbons (Fsp3) is 0.571. The molecule has 1 unspecified atom stereocenters. The summed E-state index contributed by atoms with van der Waals surface area (Å²) in [6.07, 6.45) is 0. The summed E-state index contributed by atoms with van der Waals surface area (Å²) < 4.78 is 32.7. The Morgan fingerprint density at radius 1 is 1.33 bits per heavy atom. The Bertz CT molecular complexity index is 604. The van der Waals surface area contributed by atoms with Gasteiger partial charge in [0.15, 0.2) is 0 Å². The maximum atomic E-state index is 12.9. The van der Waals surface area contributed by atoms with Crippen molar-refractivity contribution in [3.8, 4) is 5.75 Å². The molecule has 1 aliphatic heterocycles. The van der Waals surface area contributed by atoms with Gasteiger partial charge in [0.25, 0.3) is 0 Å². The highest BCUT2D eigenvalue weighted by molar-refractivity contribution is 7.89. The largest absolute Gasteiger partial charge is 0.495 e. The van der Waals surface area contributed by atoms with Crippen molar-refractivity contribution in [1.29, 1.82) is 0 Å². The maximum Gasteiger partial charge on any atom is 0.247 e. The van der Waals surface area contributed by atoms with Gasteiger partial charge in [-0.2, -0.15) is 4.31 Å². The summed E-state index contributed by atoms with van der Waals surface area (Å²) in [5.41, 5.74) is 1.72. The van der Waals surface area contributed by atoms with Crippen LogP contribution in [0.1, 0.15) is 18.1 Å². The van der Waals surface area contributed by atoms with Crippen LogP contribution < -0.4 is 10.1 Å². The number of aryl methyl sites for hydroxylation is 2. The van der Waals surface area contributed by atoms with Gasteiger partial charge >= 0.3 is 0 Å². The van der Waals surface area contributed by atoms with Crippen LogP contribution in [-0.4, -0.2) is 45.5 Å². The van der Waals surface area contributed by atoms with Crippen molar-refractivity contribution in [3.05, 3.63) is 23.3 Å². The number of hydrogen-bond donors (Lipinski definition) is 1. The molecule has 0 aromatic heterocycles. The van der Waals surface area contributed by atoms with Crippen LogP contribution in [0.5, 0.6) is 5.75 Å². The summed E-state index contributed by atoms with van der Waals surface area (Å²) in [5, 5.41) is 3.20. The lowest BCUT2D eigenvalue weighted by molar-refractivity contribution is 0.282. The van der Waals surface area contributed by atoms with Crippen LogP contribution in [0.15, 0.2) is 17.0 Å². The van der Waals surface area contributed by atoms with Crippen LogP contribution in [-0.2, 0) is 10.0 Å². The molecular weight excluding hydrogens is 312 g/mol. The predicted octanol–water partition coefficient (Wildman–Crippen LogP) is 1.72. The number of benzene rings is 1. The van der Waals surface area contributed by atoms with E-state index in [0.29, 0.717) is 30.3 Å². The summed E-state index contributed by atoms with van der Waals surface area (Å²) in [5.74, 6) is 0.424. The fourth-order valence-corrected chi connectivity index (χ4v) is 4.67. The van der Waals surface area contributed by atoms with Crippen molar-refractivity contribution in [1.82, 2.24) is 9.62 Å². The number of hydrogen-bond acceptors (Lipinski definition) is 4. The first kappa shape index (κ1) is 18.2. The molecular formula is C14H23ClN2O3S. The second-order valence-electron chi connectivity index (χ2n) is 5.28. The zero-order chi connectivity index (χ0) is 14.9. The molecule has 7 heteroatoms. The van der Waals surface area contributed by atoms with Gasteiger partial charge in [-0.05, 0) is 38.0 Å². The molecule has 1 aromatic carbocycles. The number of piperazine rings is 1. The van der Waals surface area contributed by atoms with Crippen LogP contribution in [0.25, 0.3) is 0 Å². The molecule has 5 nitrogen and oxygen atoms in total. The van der Waals surface area contributed by atoms with Crippen molar-refractivity contribution in [2.24, 2.45) is 0 Å². The highest BCUT2D eigenvalue weighted by atomic mass is 35.5. The van der Waals surface area contributed by atoms with E-state index in [0.717, 1.165) is 11.1 Å². The molecule has 120 valence electrons. The molecule has 1 fully saturated rings. The van der Waals surface area contributed by atoms with Crippen LogP contribution >= 0.6 is 12.4 Å². The molecule has 1 N–H and O–H groups in total. The van der Waals surface area contributed by atoms with Crippen molar-refractivity contribution in [3.63, 3.8) is 0 Å². The lowest BCUT2D eigenvalue weighted by Gasteiger charge is -2.33. The average molecular weight is 335 g/mol. The zero-order valence-electron chi connectivity index (χ0n) is 12.8. The first-order valence-corrected chi connectivity index (χ1v) is 8.19. The summed E-state index contributed by atoms with van der Waals surface area (Å²) in [7, 11) is -2.02. The second kappa shape index (κ2) is 6.96. The summed E-state index contributed by atoms with van der Waals surface area (Å²) in [6.45, 7) is 7.50. The molecule has 1 atom stereocenters. The van der Waals surface area contributed by atoms with Gasteiger partial charge in [0.2, 0.25) is 10.0 Å². The van der Waals surface area contributed by atoms with Crippen LogP contribution in [0.3, 0.4) is 0 Å². The van der Waals surface area contributed by atoms with E-state index in [2.05, 4.69) is 5.32 Å². The second-order valence-corrected chi connectivity index (χ2v) is 7.11. The van der Waals surface area contributed by atoms with Gasteiger partial charge in [-0.25, -0.2) is 8.42 Å². The molecule has 2 rings (SSSR count). The quantitative estimate of drug-likeness (QED) is 0.914. The van der Waals surface area contributed by atoms with Crippen LogP contribution in [0, 0.1) is 13.8 Å². The molecule has 1 aromatic rings. The Labute approximate surface area is 133 Å². The van der Waals surface area contributed by atoms with Crippen LogP contribution in [0.4, 0.5) is 0 Å². The predicted molar refractivity (Wildman–Crippen MR) is 85.9 cm³/mol. The maximum absolute atomic E-state index is 12.9. The van der Waals surface area contributed by atoms with E-state index in [1.165, 1.54) is 7.11 Å². The number of sulfonamides is 1. The van der Waals surface area contributed by atoms with Gasteiger partial charge in [-0.3, -0.25) is 0 Å². The number of methoxy groups -OCH3 is 1. The Morgan fingerprint density at radius 2 is 2.00 bits per heavy atom. The fourth-order valence-electron chi connectivity index (χ4n) is 2.69. The number of rotatable bonds is 3. The van der Waals surface area contributed by atoms with Crippen molar-refractivity contribution in [2.45, 2.75) is 31.7 Å². The number of nitrogens with zero attached hydrogens (tertiary/aromatic N) is 1. The third kappa shape index (κ3) is 3.51. The first-order valence-electron chi connectivity index (χ1n) is 6.75. The molecule has 1 heterocycles. The van der Waals surface area contributed by atoms with Crippen LogP contribution in [0.2, 0.25) is 0 Å². The zero-order valence-corrected chi connectivity index (χ0v) is 14.5. The Kier molecular flexibility index (Phi) is 6.04. The normalized spacial score (nSPS) is 19.9. The van der Waals surface area contributed by atoms with Gasteiger partial charge in [0.05, 0.1) is 7.11 Å². The topological polar surface area (TPSA) is 58.6 Å². The van der Waals surface area contributed by atoms with E-state index in [4.69, 9.17) is 4.74 Å². The third-order valence-electron chi connectivity index (χ3n) is 3.61. The first-order chi connectivity index (χ1) is 9.37. The Hall–Kier alpha value is -0.820. The molecule has 0 spiro atoms. The monoisotopic (exact) mass is 334 g/mol. The van der Waals surface area contributed by atoms with Gasteiger partial charge in [0, 0.05) is 25.7 Å². The van der Waals surface area contributed by atoms with E-state index in [1.54, 1.807) is 10.4 Å². The highest BCUT2D eigenvalue weighted by Gasteiger charge is 2.34. The van der Waals surface area contributed by atoms with Crippen molar-refractivity contribution >= 4 is 22.4 Å². The summed E-state index contributed by atoms with van der Waals surface area (Å²) >= 11 is 0. The molecule has 1 aliphatic rings. The lowest BCUT2D eigenvalue weighted by atomic mass is 10.1. The minimum Gasteiger partial charge on any atom is -0.495 e. The van der Waals surface area contributed by atoms with Crippen molar-refractivity contribution in [2.75, 3.05) is 26.7 Å². The lowest BCUT2D eigenvalue weighted by Crippen LogP contribution is -2.52. The van der Waals surface area contributed by atoms with Gasteiger partial charge in [-0.1, -0.05) is 6.07 Å². The minimum absolute atomic E-state index is 0. The molecule has 21 heavy (non-hydrogen) atoms. The number of nitrogens with one attached hydrogen (secondary N) is 1. The van der Waals surface area contributed by atoms with Gasteiger partial charge in [-0.15, -0.1) is 12.4 Å². The molecule has 0 aliphatic carbocycles. The smallest absolute Gasteiger partial charge is 0.247 e. The SMILES string of the molecule is COc1cc(C)cc(C)c1S(=O)(=O)N1CCNCC1C.Cl. The third-order valence-corrected chi connectivity index (χ3v) is 5.81. The van der Waals surface area contributed by atoms with Crippen molar-refractivity contribution < 1.29 is 13.2 Å². The van der Waals surface area contributed by atoms with E-state index in [-0.39, 0.29) is 18.4 Å². The number of halogens is 1. The minimum atomic E-state index is -3.53. The summed E-state index contributed by atoms with van der Waals surface area (Å²) in [6, 6.07) is 3.59.